The van der Waals surface area contributed by atoms with E-state index in [9.17, 15) is 3.89 Å². The van der Waals surface area contributed by atoms with Crippen LogP contribution in [0.4, 0.5) is 3.89 Å². The summed E-state index contributed by atoms with van der Waals surface area (Å²) < 4.78 is 13.8. The Morgan fingerprint density at radius 3 is 3.15 bits per heavy atom. The molecule has 2 rings (SSSR count). The maximum Gasteiger partial charge on any atom is 0.171 e. The number of pyridine rings is 1. The fourth-order valence-electron chi connectivity index (χ4n) is 1.27. The van der Waals surface area contributed by atoms with Gasteiger partial charge in [-0.1, -0.05) is 12.7 Å². The first-order valence-electron chi connectivity index (χ1n) is 3.74. The van der Waals surface area contributed by atoms with E-state index in [0.717, 1.165) is 10.9 Å². The van der Waals surface area contributed by atoms with Crippen molar-refractivity contribution >= 4 is 29.4 Å². The van der Waals surface area contributed by atoms with Gasteiger partial charge in [0.15, 0.2) is 18.0 Å². The van der Waals surface area contributed by atoms with E-state index >= 15 is 0 Å². The number of nitrogens with zero attached hydrogens (tertiary/aromatic N) is 2. The van der Waals surface area contributed by atoms with E-state index in [2.05, 4.69) is 11.6 Å². The van der Waals surface area contributed by atoms with Gasteiger partial charge in [-0.05, 0) is 12.1 Å². The van der Waals surface area contributed by atoms with Crippen LogP contribution in [-0.2, 0) is 0 Å². The zero-order valence-electron chi connectivity index (χ0n) is 6.77. The Kier molecular flexibility index (Phi) is 2.06. The van der Waals surface area contributed by atoms with E-state index in [1.54, 1.807) is 18.5 Å². The van der Waals surface area contributed by atoms with Gasteiger partial charge >= 0.3 is 0 Å². The van der Waals surface area contributed by atoms with E-state index in [1.165, 1.54) is 3.97 Å². The molecule has 0 atom stereocenters. The summed E-state index contributed by atoms with van der Waals surface area (Å²) >= 11 is 0.141. The Morgan fingerprint density at radius 2 is 2.46 bits per heavy atom. The fourth-order valence-corrected chi connectivity index (χ4v) is 1.63. The molecule has 0 radical (unpaired) electrons. The number of hydrogen-bond acceptors (Lipinski definition) is 2. The summed E-state index contributed by atoms with van der Waals surface area (Å²) in [5.41, 5.74) is 1.53. The SMILES string of the molecule is C=Cc1cn(SF)c2ncccc12. The quantitative estimate of drug-likeness (QED) is 0.731. The summed E-state index contributed by atoms with van der Waals surface area (Å²) in [6.45, 7) is 3.66. The van der Waals surface area contributed by atoms with E-state index < -0.39 is 0 Å². The van der Waals surface area contributed by atoms with Crippen molar-refractivity contribution in [1.82, 2.24) is 8.96 Å². The van der Waals surface area contributed by atoms with Gasteiger partial charge in [0.1, 0.15) is 0 Å². The van der Waals surface area contributed by atoms with Gasteiger partial charge in [0.05, 0.1) is 0 Å². The summed E-state index contributed by atoms with van der Waals surface area (Å²) in [4.78, 5) is 4.07. The molecule has 0 aliphatic rings. The van der Waals surface area contributed by atoms with Gasteiger partial charge in [-0.3, -0.25) is 0 Å². The Hall–Kier alpha value is -1.29. The van der Waals surface area contributed by atoms with Crippen LogP contribution in [0.3, 0.4) is 0 Å². The molecule has 0 amide bonds. The molecule has 0 spiro atoms. The minimum absolute atomic E-state index is 0.141. The van der Waals surface area contributed by atoms with Crippen molar-refractivity contribution in [3.05, 3.63) is 36.7 Å². The number of rotatable bonds is 2. The van der Waals surface area contributed by atoms with Crippen molar-refractivity contribution in [2.75, 3.05) is 0 Å². The Morgan fingerprint density at radius 1 is 1.62 bits per heavy atom. The number of aromatic nitrogens is 2. The molecule has 4 heteroatoms. The average Bonchev–Trinajstić information content (AvgIpc) is 2.56. The van der Waals surface area contributed by atoms with E-state index in [1.807, 2.05) is 12.1 Å². The summed E-state index contributed by atoms with van der Waals surface area (Å²) in [5.74, 6) is 0. The van der Waals surface area contributed by atoms with Crippen molar-refractivity contribution in [2.45, 2.75) is 0 Å². The predicted molar refractivity (Wildman–Crippen MR) is 53.9 cm³/mol. The third-order valence-corrected chi connectivity index (χ3v) is 2.28. The van der Waals surface area contributed by atoms with Crippen LogP contribution in [0, 0.1) is 0 Å². The van der Waals surface area contributed by atoms with Gasteiger partial charge in [0.25, 0.3) is 0 Å². The highest BCUT2D eigenvalue weighted by atomic mass is 32.2. The van der Waals surface area contributed by atoms with Crippen LogP contribution >= 0.6 is 12.3 Å². The monoisotopic (exact) mass is 194 g/mol. The highest BCUT2D eigenvalue weighted by Gasteiger charge is 2.06. The van der Waals surface area contributed by atoms with Crippen molar-refractivity contribution in [1.29, 1.82) is 0 Å². The lowest BCUT2D eigenvalue weighted by Gasteiger charge is -1.92. The molecule has 2 heterocycles. The van der Waals surface area contributed by atoms with Gasteiger partial charge in [0.2, 0.25) is 0 Å². The van der Waals surface area contributed by atoms with Gasteiger partial charge in [-0.15, -0.1) is 3.89 Å². The van der Waals surface area contributed by atoms with Crippen LogP contribution in [0.15, 0.2) is 31.1 Å². The molecule has 0 saturated heterocycles. The van der Waals surface area contributed by atoms with Crippen molar-refractivity contribution in [3.63, 3.8) is 0 Å². The minimum atomic E-state index is 0.141. The van der Waals surface area contributed by atoms with Gasteiger partial charge in [-0.2, -0.15) is 0 Å². The van der Waals surface area contributed by atoms with Crippen LogP contribution in [0.5, 0.6) is 0 Å². The van der Waals surface area contributed by atoms with Crippen molar-refractivity contribution < 1.29 is 3.89 Å². The first-order chi connectivity index (χ1) is 6.36. The molecule has 2 aromatic heterocycles. The zero-order chi connectivity index (χ0) is 9.26. The number of halogens is 1. The molecule has 66 valence electrons. The minimum Gasteiger partial charge on any atom is -0.247 e. The maximum atomic E-state index is 12.4. The molecule has 0 aliphatic carbocycles. The van der Waals surface area contributed by atoms with Crippen LogP contribution < -0.4 is 0 Å². The Balaban J connectivity index is 2.81. The van der Waals surface area contributed by atoms with Crippen molar-refractivity contribution in [3.8, 4) is 0 Å². The zero-order valence-corrected chi connectivity index (χ0v) is 7.59. The van der Waals surface area contributed by atoms with E-state index in [0.29, 0.717) is 5.65 Å². The highest BCUT2D eigenvalue weighted by Crippen LogP contribution is 2.24. The molecule has 0 saturated carbocycles. The summed E-state index contributed by atoms with van der Waals surface area (Å²) in [5, 5.41) is 0.919. The van der Waals surface area contributed by atoms with Crippen LogP contribution in [0.1, 0.15) is 5.56 Å². The molecule has 0 unspecified atom stereocenters. The lowest BCUT2D eigenvalue weighted by molar-refractivity contribution is 0.919. The molecule has 2 nitrogen and oxygen atoms in total. The maximum absolute atomic E-state index is 12.4. The molecule has 0 aliphatic heterocycles. The molecule has 2 aromatic rings. The topological polar surface area (TPSA) is 17.8 Å². The number of hydrogen-bond donors (Lipinski definition) is 0. The van der Waals surface area contributed by atoms with E-state index in [4.69, 9.17) is 0 Å². The van der Waals surface area contributed by atoms with Gasteiger partial charge in [-0.25, -0.2) is 8.96 Å². The molecular weight excluding hydrogens is 187 g/mol. The summed E-state index contributed by atoms with van der Waals surface area (Å²) in [6, 6.07) is 3.72. The highest BCUT2D eigenvalue weighted by molar-refractivity contribution is 7.92. The second kappa shape index (κ2) is 3.22. The number of fused-ring (bicyclic) bond motifs is 1. The molecule has 13 heavy (non-hydrogen) atoms. The third-order valence-electron chi connectivity index (χ3n) is 1.86. The van der Waals surface area contributed by atoms with Crippen LogP contribution in [0.25, 0.3) is 17.1 Å². The average molecular weight is 194 g/mol. The standard InChI is InChI=1S/C9H7FN2S/c1-2-7-6-12(13-10)9-8(7)4-3-5-11-9/h2-6H,1H2. The summed E-state index contributed by atoms with van der Waals surface area (Å²) in [7, 11) is 0. The van der Waals surface area contributed by atoms with Gasteiger partial charge in [0, 0.05) is 23.3 Å². The lowest BCUT2D eigenvalue weighted by Crippen LogP contribution is -1.81. The van der Waals surface area contributed by atoms with E-state index in [-0.39, 0.29) is 12.3 Å². The molecule has 0 bridgehead atoms. The summed E-state index contributed by atoms with van der Waals surface area (Å²) in [6.07, 6.45) is 5.01. The third kappa shape index (κ3) is 1.23. The van der Waals surface area contributed by atoms with Gasteiger partial charge < -0.3 is 0 Å². The second-order valence-corrected chi connectivity index (χ2v) is 3.09. The van der Waals surface area contributed by atoms with Crippen molar-refractivity contribution in [2.24, 2.45) is 0 Å². The molecular formula is C9H7FN2S. The molecule has 0 fully saturated rings. The van der Waals surface area contributed by atoms with Crippen LogP contribution in [0.2, 0.25) is 0 Å². The molecule has 0 aromatic carbocycles. The normalized spacial score (nSPS) is 10.5. The second-order valence-electron chi connectivity index (χ2n) is 2.56. The molecule has 0 N–H and O–H groups in total. The first kappa shape index (κ1) is 8.31. The lowest BCUT2D eigenvalue weighted by atomic mass is 10.2. The fraction of sp³-hybridized carbons (Fsp3) is 0. The van der Waals surface area contributed by atoms with Crippen LogP contribution in [-0.4, -0.2) is 8.96 Å². The predicted octanol–water partition coefficient (Wildman–Crippen LogP) is 3.06. The Labute approximate surface area is 79.5 Å². The Bertz CT molecular complexity index is 450. The first-order valence-corrected chi connectivity index (χ1v) is 4.42. The largest absolute Gasteiger partial charge is 0.247 e. The smallest absolute Gasteiger partial charge is 0.171 e.